The van der Waals surface area contributed by atoms with Crippen molar-refractivity contribution < 1.29 is 25.8 Å². The molecule has 0 saturated carbocycles. The summed E-state index contributed by atoms with van der Waals surface area (Å²) in [5.41, 5.74) is 9.80. The monoisotopic (exact) mass is 854 g/mol. The van der Waals surface area contributed by atoms with Crippen LogP contribution in [0.2, 0.25) is 0 Å². The molecular formula is C46H35N4OPt-3. The van der Waals surface area contributed by atoms with E-state index in [2.05, 4.69) is 169 Å². The van der Waals surface area contributed by atoms with E-state index in [0.29, 0.717) is 11.5 Å². The molecular weight excluding hydrogens is 820 g/mol. The average Bonchev–Trinajstić information content (AvgIpc) is 3.71. The Bertz CT molecular complexity index is 2540. The summed E-state index contributed by atoms with van der Waals surface area (Å²) in [5, 5.41) is 2.19. The number of hydrogen-bond acceptors (Lipinski definition) is 4. The summed E-state index contributed by atoms with van der Waals surface area (Å²) < 4.78 is 8.78. The number of anilines is 4. The van der Waals surface area contributed by atoms with Crippen LogP contribution in [-0.4, -0.2) is 9.55 Å². The van der Waals surface area contributed by atoms with Crippen LogP contribution in [0, 0.1) is 18.8 Å². The number of pyridine rings is 1. The molecule has 0 unspecified atom stereocenters. The summed E-state index contributed by atoms with van der Waals surface area (Å²) in [6.07, 6.45) is 1.91. The van der Waals surface area contributed by atoms with Crippen LogP contribution < -0.4 is 14.5 Å². The molecule has 2 aromatic heterocycles. The van der Waals surface area contributed by atoms with E-state index in [-0.39, 0.29) is 26.5 Å². The second kappa shape index (κ2) is 13.5. The van der Waals surface area contributed by atoms with E-state index in [9.17, 15) is 0 Å². The molecule has 6 heteroatoms. The van der Waals surface area contributed by atoms with Gasteiger partial charge in [-0.1, -0.05) is 98.4 Å². The summed E-state index contributed by atoms with van der Waals surface area (Å²) in [6.45, 7) is 8.80. The molecule has 0 spiro atoms. The smallest absolute Gasteiger partial charge is 0.126 e. The third kappa shape index (κ3) is 6.05. The van der Waals surface area contributed by atoms with Gasteiger partial charge in [0.15, 0.2) is 0 Å². The largest absolute Gasteiger partial charge is 0.509 e. The number of ether oxygens (including phenoxy) is 1. The normalized spacial score (nSPS) is 12.6. The minimum absolute atomic E-state index is 0. The SMILES string of the molecule is CC(C)(C)c1ccnc(-n2c3c[c-]c(Oc4[c-]c(N5[CH-]N(c6ccccc6)c6ccccc65)ccc4)cc3c3cc(-c4ccccc4)ccc32)c1.[Pt]. The molecule has 0 bridgehead atoms. The van der Waals surface area contributed by atoms with Crippen LogP contribution in [0.1, 0.15) is 26.3 Å². The van der Waals surface area contributed by atoms with Gasteiger partial charge in [0.1, 0.15) is 5.82 Å². The molecule has 9 rings (SSSR count). The zero-order valence-electron chi connectivity index (χ0n) is 29.0. The van der Waals surface area contributed by atoms with Crippen LogP contribution in [-0.2, 0) is 26.5 Å². The van der Waals surface area contributed by atoms with E-state index in [1.54, 1.807) is 0 Å². The Balaban J connectivity index is 0.00000387. The van der Waals surface area contributed by atoms with Crippen LogP contribution >= 0.6 is 0 Å². The summed E-state index contributed by atoms with van der Waals surface area (Å²) in [7, 11) is 0. The quantitative estimate of drug-likeness (QED) is 0.156. The van der Waals surface area contributed by atoms with Crippen LogP contribution in [0.3, 0.4) is 0 Å². The van der Waals surface area contributed by atoms with Crippen molar-refractivity contribution in [3.63, 3.8) is 0 Å². The summed E-state index contributed by atoms with van der Waals surface area (Å²) in [6, 6.07) is 57.3. The van der Waals surface area contributed by atoms with Crippen molar-refractivity contribution in [2.45, 2.75) is 26.2 Å². The number of rotatable bonds is 6. The van der Waals surface area contributed by atoms with Gasteiger partial charge in [0.25, 0.3) is 0 Å². The van der Waals surface area contributed by atoms with Gasteiger partial charge in [-0.05, 0) is 76.0 Å². The van der Waals surface area contributed by atoms with Crippen LogP contribution in [0.5, 0.6) is 11.5 Å². The molecule has 1 aliphatic heterocycles. The molecule has 0 aliphatic carbocycles. The van der Waals surface area contributed by atoms with Gasteiger partial charge in [0.2, 0.25) is 0 Å². The summed E-state index contributed by atoms with van der Waals surface area (Å²) >= 11 is 0. The second-order valence-electron chi connectivity index (χ2n) is 13.9. The third-order valence-electron chi connectivity index (χ3n) is 9.52. The fraction of sp³-hybridized carbons (Fsp3) is 0.0870. The minimum atomic E-state index is -0.0101. The molecule has 52 heavy (non-hydrogen) atoms. The number of para-hydroxylation sites is 3. The van der Waals surface area contributed by atoms with Gasteiger partial charge in [-0.3, -0.25) is 0 Å². The van der Waals surface area contributed by atoms with Gasteiger partial charge in [-0.2, -0.15) is 6.07 Å². The van der Waals surface area contributed by atoms with Crippen LogP contribution in [0.25, 0.3) is 38.8 Å². The van der Waals surface area contributed by atoms with Gasteiger partial charge >= 0.3 is 0 Å². The maximum Gasteiger partial charge on any atom is 0.126 e. The molecule has 0 atom stereocenters. The molecule has 8 aromatic rings. The van der Waals surface area contributed by atoms with Crippen molar-refractivity contribution in [3.8, 4) is 28.4 Å². The zero-order valence-corrected chi connectivity index (χ0v) is 31.3. The molecule has 0 radical (unpaired) electrons. The molecule has 1 aliphatic rings. The Hall–Kier alpha value is -5.64. The Kier molecular flexibility index (Phi) is 8.69. The fourth-order valence-electron chi connectivity index (χ4n) is 6.92. The third-order valence-corrected chi connectivity index (χ3v) is 9.52. The van der Waals surface area contributed by atoms with Crippen LogP contribution in [0.15, 0.2) is 152 Å². The van der Waals surface area contributed by atoms with E-state index in [1.807, 2.05) is 36.5 Å². The second-order valence-corrected chi connectivity index (χ2v) is 13.9. The van der Waals surface area contributed by atoms with Gasteiger partial charge < -0.3 is 19.1 Å². The summed E-state index contributed by atoms with van der Waals surface area (Å²) in [4.78, 5) is 9.21. The van der Waals surface area contributed by atoms with Crippen molar-refractivity contribution >= 4 is 44.6 Å². The Morgan fingerprint density at radius 2 is 1.35 bits per heavy atom. The maximum absolute atomic E-state index is 6.54. The predicted molar refractivity (Wildman–Crippen MR) is 208 cm³/mol. The number of aromatic nitrogens is 2. The Morgan fingerprint density at radius 3 is 2.12 bits per heavy atom. The van der Waals surface area contributed by atoms with E-state index < -0.39 is 0 Å². The first-order chi connectivity index (χ1) is 24.9. The Morgan fingerprint density at radius 1 is 0.635 bits per heavy atom. The standard InChI is InChI=1S/C46H35N4O.Pt/c1-46(2,3)34-25-26-47-45(28-34)50-41-23-21-33(32-13-6-4-7-14-32)27-39(41)40-30-38(22-24-42(40)50)51-37-18-12-17-36(29-37)49-31-48(35-15-8-5-9-16-35)43-19-10-11-20-44(43)49;/h4-21,23-28,30-31H,1-3H3;/q-3;. The molecule has 0 saturated heterocycles. The van der Waals surface area contributed by atoms with Gasteiger partial charge in [-0.15, -0.1) is 48.8 Å². The Labute approximate surface area is 319 Å². The van der Waals surface area contributed by atoms with Crippen molar-refractivity contribution in [2.24, 2.45) is 0 Å². The fourth-order valence-corrected chi connectivity index (χ4v) is 6.92. The minimum Gasteiger partial charge on any atom is -0.509 e. The molecule has 5 nitrogen and oxygen atoms in total. The molecule has 0 N–H and O–H groups in total. The van der Waals surface area contributed by atoms with E-state index in [1.165, 1.54) is 11.1 Å². The first-order valence-electron chi connectivity index (χ1n) is 17.2. The van der Waals surface area contributed by atoms with Gasteiger partial charge in [0, 0.05) is 61.3 Å². The summed E-state index contributed by atoms with van der Waals surface area (Å²) in [5.74, 6) is 2.11. The predicted octanol–water partition coefficient (Wildman–Crippen LogP) is 11.9. The molecule has 3 heterocycles. The van der Waals surface area contributed by atoms with Crippen molar-refractivity contribution in [1.29, 1.82) is 0 Å². The first kappa shape index (κ1) is 33.5. The topological polar surface area (TPSA) is 33.5 Å². The van der Waals surface area contributed by atoms with Gasteiger partial charge in [-0.25, -0.2) is 4.98 Å². The van der Waals surface area contributed by atoms with E-state index >= 15 is 0 Å². The van der Waals surface area contributed by atoms with Crippen LogP contribution in [0.4, 0.5) is 22.7 Å². The molecule has 0 amide bonds. The number of fused-ring (bicyclic) bond motifs is 4. The van der Waals surface area contributed by atoms with E-state index in [4.69, 9.17) is 9.72 Å². The number of benzene rings is 6. The van der Waals surface area contributed by atoms with Crippen molar-refractivity contribution in [1.82, 2.24) is 9.55 Å². The molecule has 258 valence electrons. The first-order valence-corrected chi connectivity index (χ1v) is 17.2. The maximum atomic E-state index is 6.54. The molecule has 0 fully saturated rings. The van der Waals surface area contributed by atoms with E-state index in [0.717, 1.165) is 55.9 Å². The molecule has 6 aromatic carbocycles. The number of hydrogen-bond donors (Lipinski definition) is 0. The average molecular weight is 855 g/mol. The zero-order chi connectivity index (χ0) is 34.5. The van der Waals surface area contributed by atoms with Crippen molar-refractivity contribution in [2.75, 3.05) is 9.80 Å². The number of nitrogens with zero attached hydrogens (tertiary/aromatic N) is 4. The van der Waals surface area contributed by atoms with Gasteiger partial charge in [0.05, 0.1) is 0 Å². The van der Waals surface area contributed by atoms with Crippen molar-refractivity contribution in [3.05, 3.63) is 176 Å².